The van der Waals surface area contributed by atoms with Crippen LogP contribution in [0.5, 0.6) is 0 Å². The lowest BCUT2D eigenvalue weighted by Crippen LogP contribution is -1.99. The molecule has 3 heterocycles. The lowest BCUT2D eigenvalue weighted by Gasteiger charge is -1.99. The number of fused-ring (bicyclic) bond motifs is 1. The van der Waals surface area contributed by atoms with Crippen LogP contribution in [0.3, 0.4) is 0 Å². The number of hydrogen-bond donors (Lipinski definition) is 1. The third kappa shape index (κ3) is 2.57. The van der Waals surface area contributed by atoms with Crippen LogP contribution in [0, 0.1) is 17.1 Å². The number of nitriles is 1. The molecular weight excluding hydrogens is 293 g/mol. The molecule has 9 heteroatoms. The van der Waals surface area contributed by atoms with E-state index in [0.29, 0.717) is 0 Å². The van der Waals surface area contributed by atoms with Gasteiger partial charge in [-0.25, -0.2) is 9.37 Å². The fourth-order valence-corrected chi connectivity index (χ4v) is 1.81. The van der Waals surface area contributed by atoms with Crippen LogP contribution in [-0.2, 0) is 4.79 Å². The zero-order valence-electron chi connectivity index (χ0n) is 11.2. The highest BCUT2D eigenvalue weighted by atomic mass is 19.1. The molecule has 22 heavy (non-hydrogen) atoms. The maximum Gasteiger partial charge on any atom is 0.227 e. The third-order valence-electron chi connectivity index (χ3n) is 2.61. The quantitative estimate of drug-likeness (QED) is 0.443. The van der Waals surface area contributed by atoms with E-state index < -0.39 is 11.6 Å². The van der Waals surface area contributed by atoms with Gasteiger partial charge < -0.3 is 9.51 Å². The van der Waals surface area contributed by atoms with Gasteiger partial charge in [0.05, 0.1) is 28.7 Å². The molecule has 1 N–H and O–H groups in total. The first-order valence-electron chi connectivity index (χ1n) is 5.86. The Balaban J connectivity index is 0.000000545. The maximum absolute atomic E-state index is 13.8. The average molecular weight is 301 g/mol. The van der Waals surface area contributed by atoms with Crippen molar-refractivity contribution in [1.29, 1.82) is 5.26 Å². The van der Waals surface area contributed by atoms with E-state index in [0.717, 1.165) is 12.6 Å². The molecule has 0 aliphatic heterocycles. The monoisotopic (exact) mass is 301 g/mol. The molecule has 8 nitrogen and oxygen atoms in total. The van der Waals surface area contributed by atoms with E-state index in [4.69, 9.17) is 5.26 Å². The number of nitrogens with zero attached hydrogens (tertiary/aromatic N) is 4. The van der Waals surface area contributed by atoms with E-state index in [1.165, 1.54) is 13.1 Å². The number of hydrogen-bond acceptors (Lipinski definition) is 7. The number of H-pyrrole nitrogens is 1. The van der Waals surface area contributed by atoms with Gasteiger partial charge in [-0.2, -0.15) is 10.2 Å². The van der Waals surface area contributed by atoms with Crippen LogP contribution in [0.2, 0.25) is 0 Å². The second-order valence-electron chi connectivity index (χ2n) is 3.87. The van der Waals surface area contributed by atoms with Crippen LogP contribution in [0.25, 0.3) is 22.4 Å². The summed E-state index contributed by atoms with van der Waals surface area (Å²) in [5.41, 5.74) is 0.399. The predicted molar refractivity (Wildman–Crippen MR) is 71.0 cm³/mol. The van der Waals surface area contributed by atoms with Gasteiger partial charge in [0.1, 0.15) is 5.69 Å². The second kappa shape index (κ2) is 6.36. The van der Waals surface area contributed by atoms with E-state index in [9.17, 15) is 14.0 Å². The summed E-state index contributed by atoms with van der Waals surface area (Å²) in [6.07, 6.45) is 3.41. The standard InChI is InChI=1S/C11H5FN4O3.C2H3N/c12-6-2-14-10(11-15-4-19-16-11)9-8(6)5(1-13-9)7(18)3-17;1-2-3/h1-4,13H;1H3. The van der Waals surface area contributed by atoms with E-state index >= 15 is 0 Å². The van der Waals surface area contributed by atoms with Gasteiger partial charge in [0, 0.05) is 13.1 Å². The predicted octanol–water partition coefficient (Wildman–Crippen LogP) is 1.66. The molecule has 0 radical (unpaired) electrons. The Bertz CT molecular complexity index is 864. The van der Waals surface area contributed by atoms with Crippen LogP contribution < -0.4 is 0 Å². The molecule has 110 valence electrons. The molecule has 0 amide bonds. The van der Waals surface area contributed by atoms with Crippen molar-refractivity contribution in [3.8, 4) is 17.6 Å². The molecular formula is C13H8FN5O3. The van der Waals surface area contributed by atoms with Crippen LogP contribution in [0.15, 0.2) is 23.3 Å². The summed E-state index contributed by atoms with van der Waals surface area (Å²) in [7, 11) is 0. The molecule has 0 bridgehead atoms. The highest BCUT2D eigenvalue weighted by Crippen LogP contribution is 2.28. The summed E-state index contributed by atoms with van der Waals surface area (Å²) >= 11 is 0. The number of Topliss-reactive ketones (excluding diaryl/α,β-unsaturated/α-hetero) is 1. The first-order chi connectivity index (χ1) is 10.6. The Kier molecular flexibility index (Phi) is 4.33. The van der Waals surface area contributed by atoms with Crippen molar-refractivity contribution in [2.75, 3.05) is 0 Å². The van der Waals surface area contributed by atoms with E-state index in [1.807, 2.05) is 0 Å². The minimum atomic E-state index is -0.824. The molecule has 0 fully saturated rings. The van der Waals surface area contributed by atoms with Gasteiger partial charge in [-0.1, -0.05) is 5.16 Å². The molecule has 3 aromatic heterocycles. The SMILES string of the molecule is CC#N.O=CC(=O)c1c[nH]c2c(-c3ncon3)ncc(F)c12. The second-order valence-corrected chi connectivity index (χ2v) is 3.87. The first-order valence-corrected chi connectivity index (χ1v) is 5.86. The molecule has 0 saturated carbocycles. The Morgan fingerprint density at radius 2 is 2.23 bits per heavy atom. The highest BCUT2D eigenvalue weighted by molar-refractivity contribution is 6.36. The molecule has 0 saturated heterocycles. The van der Waals surface area contributed by atoms with Gasteiger partial charge in [0.2, 0.25) is 18.0 Å². The molecule has 3 rings (SSSR count). The highest BCUT2D eigenvalue weighted by Gasteiger charge is 2.20. The number of aromatic amines is 1. The summed E-state index contributed by atoms with van der Waals surface area (Å²) in [5, 5.41) is 10.9. The van der Waals surface area contributed by atoms with Crippen molar-refractivity contribution in [2.45, 2.75) is 6.92 Å². The van der Waals surface area contributed by atoms with Gasteiger partial charge in [0.25, 0.3) is 0 Å². The molecule has 0 aliphatic carbocycles. The van der Waals surface area contributed by atoms with Crippen LogP contribution in [0.4, 0.5) is 4.39 Å². The number of ketones is 1. The topological polar surface area (TPSA) is 126 Å². The molecule has 0 atom stereocenters. The van der Waals surface area contributed by atoms with Crippen molar-refractivity contribution in [2.24, 2.45) is 0 Å². The normalized spacial score (nSPS) is 9.68. The summed E-state index contributed by atoms with van der Waals surface area (Å²) in [6, 6.07) is 1.75. The number of halogens is 1. The van der Waals surface area contributed by atoms with Gasteiger partial charge in [-0.3, -0.25) is 9.59 Å². The Hall–Kier alpha value is -3.41. The summed E-state index contributed by atoms with van der Waals surface area (Å²) in [5.74, 6) is -1.39. The first kappa shape index (κ1) is 15.0. The summed E-state index contributed by atoms with van der Waals surface area (Å²) in [6.45, 7) is 1.43. The summed E-state index contributed by atoms with van der Waals surface area (Å²) < 4.78 is 18.4. The zero-order valence-corrected chi connectivity index (χ0v) is 11.2. The lowest BCUT2D eigenvalue weighted by molar-refractivity contribution is -0.104. The number of nitrogens with one attached hydrogen (secondary N) is 1. The number of aldehydes is 1. The zero-order chi connectivity index (χ0) is 16.1. The van der Waals surface area contributed by atoms with Crippen molar-refractivity contribution >= 4 is 23.0 Å². The molecule has 0 spiro atoms. The van der Waals surface area contributed by atoms with Gasteiger partial charge in [-0.15, -0.1) is 0 Å². The van der Waals surface area contributed by atoms with Crippen LogP contribution >= 0.6 is 0 Å². The van der Waals surface area contributed by atoms with Crippen LogP contribution in [0.1, 0.15) is 17.3 Å². The van der Waals surface area contributed by atoms with Crippen molar-refractivity contribution in [3.05, 3.63) is 30.2 Å². The Morgan fingerprint density at radius 3 is 2.82 bits per heavy atom. The van der Waals surface area contributed by atoms with Gasteiger partial charge >= 0.3 is 0 Å². The molecule has 0 aromatic carbocycles. The number of carbonyl (C=O) groups excluding carboxylic acids is 2. The smallest absolute Gasteiger partial charge is 0.227 e. The lowest BCUT2D eigenvalue weighted by atomic mass is 10.1. The number of carbonyl (C=O) groups is 2. The van der Waals surface area contributed by atoms with Crippen molar-refractivity contribution in [1.82, 2.24) is 20.1 Å². The maximum atomic E-state index is 13.8. The number of rotatable bonds is 3. The van der Waals surface area contributed by atoms with E-state index in [2.05, 4.69) is 24.6 Å². The minimum Gasteiger partial charge on any atom is -0.358 e. The Labute approximate surface area is 122 Å². The fraction of sp³-hybridized carbons (Fsp3) is 0.0769. The fourth-order valence-electron chi connectivity index (χ4n) is 1.81. The van der Waals surface area contributed by atoms with Crippen molar-refractivity contribution in [3.63, 3.8) is 0 Å². The summed E-state index contributed by atoms with van der Waals surface area (Å²) in [4.78, 5) is 32.3. The number of aromatic nitrogens is 4. The molecule has 3 aromatic rings. The number of pyridine rings is 1. The Morgan fingerprint density at radius 1 is 1.50 bits per heavy atom. The van der Waals surface area contributed by atoms with E-state index in [1.54, 1.807) is 6.07 Å². The van der Waals surface area contributed by atoms with Crippen molar-refractivity contribution < 1.29 is 18.5 Å². The van der Waals surface area contributed by atoms with Gasteiger partial charge in [-0.05, 0) is 0 Å². The largest absolute Gasteiger partial charge is 0.358 e. The average Bonchev–Trinajstić information content (AvgIpc) is 3.17. The van der Waals surface area contributed by atoms with Crippen LogP contribution in [-0.4, -0.2) is 32.2 Å². The molecule has 0 aliphatic rings. The third-order valence-corrected chi connectivity index (χ3v) is 2.61. The van der Waals surface area contributed by atoms with Gasteiger partial charge in [0.15, 0.2) is 12.1 Å². The van der Waals surface area contributed by atoms with E-state index in [-0.39, 0.29) is 34.3 Å². The molecule has 0 unspecified atom stereocenters. The minimum absolute atomic E-state index is 0.0214.